The molecule has 0 aromatic carbocycles. The van der Waals surface area contributed by atoms with Crippen LogP contribution in [-0.4, -0.2) is 40.3 Å². The fourth-order valence-corrected chi connectivity index (χ4v) is 2.12. The molecule has 0 unspecified atom stereocenters. The minimum atomic E-state index is -1.25. The fraction of sp³-hybridized carbons (Fsp3) is 1.00. The van der Waals surface area contributed by atoms with Crippen LogP contribution in [0.1, 0.15) is 20.8 Å². The lowest BCUT2D eigenvalue weighted by Crippen LogP contribution is -2.53. The number of nitrogens with zero attached hydrogens (tertiary/aromatic N) is 1. The largest absolute Gasteiger partial charge is 0.336 e. The number of hydrogen-bond donors (Lipinski definition) is 1. The van der Waals surface area contributed by atoms with Gasteiger partial charge in [0.15, 0.2) is 0 Å². The van der Waals surface area contributed by atoms with Gasteiger partial charge in [-0.05, 0) is 19.1 Å². The van der Waals surface area contributed by atoms with Crippen LogP contribution < -0.4 is 4.98 Å². The Kier molecular flexibility index (Phi) is 4.62. The third kappa shape index (κ3) is 4.79. The normalized spacial score (nSPS) is 13.8. The van der Waals surface area contributed by atoms with E-state index in [4.69, 9.17) is 0 Å². The van der Waals surface area contributed by atoms with Gasteiger partial charge in [-0.25, -0.2) is 0 Å². The number of hydrogen-bond acceptors (Lipinski definition) is 2. The van der Waals surface area contributed by atoms with Crippen molar-refractivity contribution in [2.45, 2.75) is 38.9 Å². The Bertz CT molecular complexity index is 147. The SMILES string of the molecule is CN(C)CCN[Si](C)(C)C(C)(C)C. The van der Waals surface area contributed by atoms with E-state index < -0.39 is 8.24 Å². The van der Waals surface area contributed by atoms with Crippen molar-refractivity contribution in [1.29, 1.82) is 0 Å². The average molecular weight is 202 g/mol. The van der Waals surface area contributed by atoms with E-state index in [1.165, 1.54) is 0 Å². The predicted octanol–water partition coefficient (Wildman–Crippen LogP) is 2.14. The van der Waals surface area contributed by atoms with E-state index in [1.807, 2.05) is 0 Å². The molecule has 80 valence electrons. The molecule has 0 bridgehead atoms. The fourth-order valence-electron chi connectivity index (χ4n) is 0.857. The molecule has 0 aliphatic rings. The second kappa shape index (κ2) is 4.58. The second-order valence-corrected chi connectivity index (χ2v) is 10.7. The number of rotatable bonds is 4. The summed E-state index contributed by atoms with van der Waals surface area (Å²) in [6.07, 6.45) is 0. The lowest BCUT2D eigenvalue weighted by molar-refractivity contribution is 0.411. The van der Waals surface area contributed by atoms with E-state index in [0.29, 0.717) is 5.04 Å². The summed E-state index contributed by atoms with van der Waals surface area (Å²) in [5, 5.41) is 0.444. The Morgan fingerprint density at radius 3 is 1.92 bits per heavy atom. The van der Waals surface area contributed by atoms with Crippen LogP contribution in [0.15, 0.2) is 0 Å². The highest BCUT2D eigenvalue weighted by molar-refractivity contribution is 6.77. The first kappa shape index (κ1) is 13.1. The van der Waals surface area contributed by atoms with Gasteiger partial charge < -0.3 is 9.88 Å². The Morgan fingerprint density at radius 1 is 1.15 bits per heavy atom. The van der Waals surface area contributed by atoms with Crippen molar-refractivity contribution in [3.63, 3.8) is 0 Å². The molecule has 0 amide bonds. The van der Waals surface area contributed by atoms with Crippen LogP contribution in [0, 0.1) is 0 Å². The molecule has 0 rings (SSSR count). The molecule has 0 aromatic rings. The topological polar surface area (TPSA) is 15.3 Å². The van der Waals surface area contributed by atoms with E-state index in [1.54, 1.807) is 0 Å². The molecule has 0 aromatic heterocycles. The number of likely N-dealkylation sites (N-methyl/N-ethyl adjacent to an activating group) is 1. The molecule has 0 fully saturated rings. The van der Waals surface area contributed by atoms with Gasteiger partial charge in [-0.1, -0.05) is 33.9 Å². The summed E-state index contributed by atoms with van der Waals surface area (Å²) in [5.74, 6) is 0. The molecule has 2 nitrogen and oxygen atoms in total. The quantitative estimate of drug-likeness (QED) is 0.703. The first-order valence-electron chi connectivity index (χ1n) is 5.06. The van der Waals surface area contributed by atoms with Crippen LogP contribution >= 0.6 is 0 Å². The molecule has 0 radical (unpaired) electrons. The van der Waals surface area contributed by atoms with Crippen molar-refractivity contribution in [2.75, 3.05) is 27.2 Å². The summed E-state index contributed by atoms with van der Waals surface area (Å²) in [5.41, 5.74) is 0. The van der Waals surface area contributed by atoms with Crippen molar-refractivity contribution in [1.82, 2.24) is 9.88 Å². The highest BCUT2D eigenvalue weighted by Gasteiger charge is 2.34. The Morgan fingerprint density at radius 2 is 1.62 bits per heavy atom. The van der Waals surface area contributed by atoms with Crippen LogP contribution in [-0.2, 0) is 0 Å². The van der Waals surface area contributed by atoms with Gasteiger partial charge in [0.2, 0.25) is 0 Å². The second-order valence-electron chi connectivity index (χ2n) is 5.61. The zero-order valence-electron chi connectivity index (χ0n) is 10.4. The van der Waals surface area contributed by atoms with E-state index in [0.717, 1.165) is 13.1 Å². The lowest BCUT2D eigenvalue weighted by atomic mass is 10.2. The maximum Gasteiger partial charge on any atom is 0.124 e. The summed E-state index contributed by atoms with van der Waals surface area (Å²) in [6.45, 7) is 14.1. The standard InChI is InChI=1S/C10H26N2Si/c1-10(2,3)13(6,7)11-8-9-12(4)5/h11H,8-9H2,1-7H3. The Balaban J connectivity index is 3.90. The minimum Gasteiger partial charge on any atom is -0.336 e. The van der Waals surface area contributed by atoms with Crippen LogP contribution in [0.2, 0.25) is 18.1 Å². The van der Waals surface area contributed by atoms with Gasteiger partial charge in [0.1, 0.15) is 8.24 Å². The van der Waals surface area contributed by atoms with Crippen LogP contribution in [0.5, 0.6) is 0 Å². The summed E-state index contributed by atoms with van der Waals surface area (Å²) >= 11 is 0. The average Bonchev–Trinajstić information content (AvgIpc) is 1.82. The first-order valence-corrected chi connectivity index (χ1v) is 8.06. The summed E-state index contributed by atoms with van der Waals surface area (Å²) in [4.78, 5) is 5.95. The van der Waals surface area contributed by atoms with E-state index in [-0.39, 0.29) is 0 Å². The first-order chi connectivity index (χ1) is 5.67. The molecule has 0 saturated carbocycles. The molecule has 0 aliphatic carbocycles. The third-order valence-corrected chi connectivity index (χ3v) is 7.88. The summed E-state index contributed by atoms with van der Waals surface area (Å²) in [6, 6.07) is 0. The molecule has 0 heterocycles. The molecule has 0 saturated heterocycles. The van der Waals surface area contributed by atoms with Crippen molar-refractivity contribution < 1.29 is 0 Å². The molecule has 0 atom stereocenters. The van der Waals surface area contributed by atoms with Crippen molar-refractivity contribution in [3.05, 3.63) is 0 Å². The maximum absolute atomic E-state index is 3.73. The Labute approximate surface area is 84.8 Å². The van der Waals surface area contributed by atoms with Crippen LogP contribution in [0.3, 0.4) is 0 Å². The van der Waals surface area contributed by atoms with Crippen molar-refractivity contribution in [2.24, 2.45) is 0 Å². The molecular formula is C10H26N2Si. The molecule has 3 heteroatoms. The van der Waals surface area contributed by atoms with E-state index >= 15 is 0 Å². The van der Waals surface area contributed by atoms with Gasteiger partial charge in [-0.3, -0.25) is 0 Å². The van der Waals surface area contributed by atoms with Crippen molar-refractivity contribution in [3.8, 4) is 0 Å². The minimum absolute atomic E-state index is 0.444. The van der Waals surface area contributed by atoms with Gasteiger partial charge in [-0.2, -0.15) is 0 Å². The van der Waals surface area contributed by atoms with Gasteiger partial charge in [0.05, 0.1) is 0 Å². The molecular weight excluding hydrogens is 176 g/mol. The monoisotopic (exact) mass is 202 g/mol. The zero-order valence-corrected chi connectivity index (χ0v) is 11.4. The van der Waals surface area contributed by atoms with Gasteiger partial charge in [-0.15, -0.1) is 0 Å². The predicted molar refractivity (Wildman–Crippen MR) is 63.8 cm³/mol. The van der Waals surface area contributed by atoms with Gasteiger partial charge in [0.25, 0.3) is 0 Å². The molecule has 1 N–H and O–H groups in total. The van der Waals surface area contributed by atoms with Gasteiger partial charge >= 0.3 is 0 Å². The maximum atomic E-state index is 3.73. The lowest BCUT2D eigenvalue weighted by Gasteiger charge is -2.37. The summed E-state index contributed by atoms with van der Waals surface area (Å²) in [7, 11) is 2.99. The molecule has 0 spiro atoms. The molecule has 13 heavy (non-hydrogen) atoms. The summed E-state index contributed by atoms with van der Waals surface area (Å²) < 4.78 is 0. The van der Waals surface area contributed by atoms with E-state index in [2.05, 4.69) is 57.8 Å². The molecule has 0 aliphatic heterocycles. The number of nitrogens with one attached hydrogen (secondary N) is 1. The highest BCUT2D eigenvalue weighted by Crippen LogP contribution is 2.33. The van der Waals surface area contributed by atoms with E-state index in [9.17, 15) is 0 Å². The highest BCUT2D eigenvalue weighted by atomic mass is 28.3. The van der Waals surface area contributed by atoms with Crippen LogP contribution in [0.25, 0.3) is 0 Å². The van der Waals surface area contributed by atoms with Crippen LogP contribution in [0.4, 0.5) is 0 Å². The zero-order chi connectivity index (χ0) is 10.7. The van der Waals surface area contributed by atoms with Crippen molar-refractivity contribution >= 4 is 8.24 Å². The third-order valence-electron chi connectivity index (χ3n) is 3.00. The smallest absolute Gasteiger partial charge is 0.124 e. The van der Waals surface area contributed by atoms with Gasteiger partial charge in [0, 0.05) is 13.1 Å². The Hall–Kier alpha value is 0.137.